The van der Waals surface area contributed by atoms with Gasteiger partial charge in [0.1, 0.15) is 5.82 Å². The van der Waals surface area contributed by atoms with Crippen molar-refractivity contribution >= 4 is 5.96 Å². The molecule has 0 aliphatic carbocycles. The first-order chi connectivity index (χ1) is 11.5. The zero-order chi connectivity index (χ0) is 17.5. The number of nitrogens with zero attached hydrogens (tertiary/aromatic N) is 3. The molecule has 5 heteroatoms. The summed E-state index contributed by atoms with van der Waals surface area (Å²) in [5, 5.41) is 11.9. The average molecular weight is 324 g/mol. The van der Waals surface area contributed by atoms with Crippen molar-refractivity contribution in [3.63, 3.8) is 0 Å². The Bertz CT molecular complexity index is 777. The standard InChI is InChI=1S/C19H21FN4/c1-14-6-4-5-7-17(14)13-24(3)19(22-2)23-12-16-9-8-15(11-21)10-18(16)20/h4-10H,12-13H2,1-3H3,(H,22,23). The van der Waals surface area contributed by atoms with Gasteiger partial charge in [-0.3, -0.25) is 4.99 Å². The number of nitriles is 1. The second kappa shape index (κ2) is 8.11. The molecule has 0 saturated carbocycles. The number of nitrogens with one attached hydrogen (secondary N) is 1. The first-order valence-electron chi connectivity index (χ1n) is 7.70. The Morgan fingerprint density at radius 3 is 2.62 bits per heavy atom. The highest BCUT2D eigenvalue weighted by Gasteiger charge is 2.10. The number of rotatable bonds is 4. The van der Waals surface area contributed by atoms with E-state index in [2.05, 4.69) is 29.4 Å². The van der Waals surface area contributed by atoms with Crippen molar-refractivity contribution in [1.29, 1.82) is 5.26 Å². The predicted octanol–water partition coefficient (Wildman–Crippen LogP) is 3.21. The van der Waals surface area contributed by atoms with Crippen LogP contribution in [0, 0.1) is 24.1 Å². The molecule has 124 valence electrons. The molecule has 0 heterocycles. The van der Waals surface area contributed by atoms with Crippen LogP contribution < -0.4 is 5.32 Å². The highest BCUT2D eigenvalue weighted by Crippen LogP contribution is 2.11. The van der Waals surface area contributed by atoms with E-state index in [0.29, 0.717) is 30.2 Å². The first kappa shape index (κ1) is 17.5. The Balaban J connectivity index is 2.02. The molecule has 1 N–H and O–H groups in total. The predicted molar refractivity (Wildman–Crippen MR) is 94.0 cm³/mol. The monoisotopic (exact) mass is 324 g/mol. The Hall–Kier alpha value is -2.87. The highest BCUT2D eigenvalue weighted by atomic mass is 19.1. The third-order valence-electron chi connectivity index (χ3n) is 3.86. The zero-order valence-electron chi connectivity index (χ0n) is 14.2. The van der Waals surface area contributed by atoms with Crippen molar-refractivity contribution in [2.24, 2.45) is 4.99 Å². The van der Waals surface area contributed by atoms with Crippen LogP contribution in [0.15, 0.2) is 47.5 Å². The molecule has 2 aromatic rings. The number of hydrogen-bond acceptors (Lipinski definition) is 2. The van der Waals surface area contributed by atoms with Crippen molar-refractivity contribution in [3.05, 3.63) is 70.5 Å². The largest absolute Gasteiger partial charge is 0.352 e. The number of guanidine groups is 1. The van der Waals surface area contributed by atoms with Crippen molar-refractivity contribution in [1.82, 2.24) is 10.2 Å². The Kier molecular flexibility index (Phi) is 5.91. The molecule has 0 fully saturated rings. The Morgan fingerprint density at radius 1 is 1.25 bits per heavy atom. The molecule has 0 radical (unpaired) electrons. The van der Waals surface area contributed by atoms with Crippen LogP contribution >= 0.6 is 0 Å². The molecule has 0 aromatic heterocycles. The van der Waals surface area contributed by atoms with Crippen LogP contribution in [0.25, 0.3) is 0 Å². The molecule has 0 amide bonds. The lowest BCUT2D eigenvalue weighted by Gasteiger charge is -2.23. The fourth-order valence-corrected chi connectivity index (χ4v) is 2.44. The number of aryl methyl sites for hydroxylation is 1. The first-order valence-corrected chi connectivity index (χ1v) is 7.70. The average Bonchev–Trinajstić information content (AvgIpc) is 2.58. The SMILES string of the molecule is CN=C(NCc1ccc(C#N)cc1F)N(C)Cc1ccccc1C. The molecule has 0 bridgehead atoms. The van der Waals surface area contributed by atoms with Gasteiger partial charge in [-0.2, -0.15) is 5.26 Å². The van der Waals surface area contributed by atoms with E-state index < -0.39 is 5.82 Å². The normalized spacial score (nSPS) is 11.0. The number of benzene rings is 2. The molecule has 0 spiro atoms. The molecule has 0 aliphatic heterocycles. The third kappa shape index (κ3) is 4.32. The van der Waals surface area contributed by atoms with Crippen LogP contribution in [0.3, 0.4) is 0 Å². The lowest BCUT2D eigenvalue weighted by molar-refractivity contribution is 0.474. The van der Waals surface area contributed by atoms with E-state index in [-0.39, 0.29) is 0 Å². The molecule has 0 aliphatic rings. The molecular formula is C19H21FN4. The minimum Gasteiger partial charge on any atom is -0.352 e. The minimum atomic E-state index is -0.390. The van der Waals surface area contributed by atoms with Gasteiger partial charge < -0.3 is 10.2 Å². The van der Waals surface area contributed by atoms with Crippen LogP contribution in [-0.4, -0.2) is 25.0 Å². The summed E-state index contributed by atoms with van der Waals surface area (Å²) in [5.74, 6) is 0.292. The minimum absolute atomic E-state index is 0.308. The molecule has 2 rings (SSSR count). The van der Waals surface area contributed by atoms with Crippen molar-refractivity contribution in [3.8, 4) is 6.07 Å². The second-order valence-electron chi connectivity index (χ2n) is 5.60. The van der Waals surface area contributed by atoms with Crippen molar-refractivity contribution in [2.75, 3.05) is 14.1 Å². The van der Waals surface area contributed by atoms with E-state index in [1.165, 1.54) is 17.2 Å². The summed E-state index contributed by atoms with van der Waals surface area (Å²) in [6.07, 6.45) is 0. The summed E-state index contributed by atoms with van der Waals surface area (Å²) in [4.78, 5) is 6.24. The topological polar surface area (TPSA) is 51.4 Å². The van der Waals surface area contributed by atoms with Gasteiger partial charge in [0.2, 0.25) is 0 Å². The zero-order valence-corrected chi connectivity index (χ0v) is 14.2. The Morgan fingerprint density at radius 2 is 2.00 bits per heavy atom. The number of hydrogen-bond donors (Lipinski definition) is 1. The molecule has 2 aromatic carbocycles. The number of aliphatic imine (C=N–C) groups is 1. The molecule has 24 heavy (non-hydrogen) atoms. The van der Waals surface area contributed by atoms with Crippen LogP contribution in [0.4, 0.5) is 4.39 Å². The van der Waals surface area contributed by atoms with Gasteiger partial charge in [-0.05, 0) is 30.2 Å². The summed E-state index contributed by atoms with van der Waals surface area (Å²) in [7, 11) is 3.64. The van der Waals surface area contributed by atoms with Gasteiger partial charge in [-0.1, -0.05) is 30.3 Å². The summed E-state index contributed by atoms with van der Waals surface area (Å²) in [5.41, 5.74) is 3.25. The summed E-state index contributed by atoms with van der Waals surface area (Å²) in [6, 6.07) is 14.6. The summed E-state index contributed by atoms with van der Waals surface area (Å²) in [6.45, 7) is 3.09. The van der Waals surface area contributed by atoms with E-state index in [1.54, 1.807) is 19.2 Å². The van der Waals surface area contributed by atoms with Crippen LogP contribution in [0.2, 0.25) is 0 Å². The van der Waals surface area contributed by atoms with Gasteiger partial charge in [0.05, 0.1) is 11.6 Å². The van der Waals surface area contributed by atoms with E-state index in [9.17, 15) is 4.39 Å². The molecular weight excluding hydrogens is 303 g/mol. The molecule has 0 unspecified atom stereocenters. The van der Waals surface area contributed by atoms with Gasteiger partial charge in [-0.15, -0.1) is 0 Å². The van der Waals surface area contributed by atoms with Gasteiger partial charge >= 0.3 is 0 Å². The third-order valence-corrected chi connectivity index (χ3v) is 3.86. The van der Waals surface area contributed by atoms with E-state index >= 15 is 0 Å². The maximum atomic E-state index is 13.9. The second-order valence-corrected chi connectivity index (χ2v) is 5.60. The van der Waals surface area contributed by atoms with Gasteiger partial charge in [0, 0.05) is 32.7 Å². The molecule has 4 nitrogen and oxygen atoms in total. The lowest BCUT2D eigenvalue weighted by Crippen LogP contribution is -2.38. The van der Waals surface area contributed by atoms with Gasteiger partial charge in [-0.25, -0.2) is 4.39 Å². The van der Waals surface area contributed by atoms with E-state index in [4.69, 9.17) is 5.26 Å². The van der Waals surface area contributed by atoms with Gasteiger partial charge in [0.25, 0.3) is 0 Å². The quantitative estimate of drug-likeness (QED) is 0.694. The van der Waals surface area contributed by atoms with Crippen LogP contribution in [0.1, 0.15) is 22.3 Å². The Labute approximate surface area is 142 Å². The molecule has 0 atom stereocenters. The van der Waals surface area contributed by atoms with E-state index in [0.717, 1.165) is 0 Å². The summed E-state index contributed by atoms with van der Waals surface area (Å²) >= 11 is 0. The van der Waals surface area contributed by atoms with Gasteiger partial charge in [0.15, 0.2) is 5.96 Å². The lowest BCUT2D eigenvalue weighted by atomic mass is 10.1. The van der Waals surface area contributed by atoms with Crippen molar-refractivity contribution in [2.45, 2.75) is 20.0 Å². The summed E-state index contributed by atoms with van der Waals surface area (Å²) < 4.78 is 13.9. The maximum absolute atomic E-state index is 13.9. The molecule has 0 saturated heterocycles. The number of halogens is 1. The van der Waals surface area contributed by atoms with Crippen LogP contribution in [-0.2, 0) is 13.1 Å². The fraction of sp³-hybridized carbons (Fsp3) is 0.263. The van der Waals surface area contributed by atoms with Crippen molar-refractivity contribution < 1.29 is 4.39 Å². The fourth-order valence-electron chi connectivity index (χ4n) is 2.44. The highest BCUT2D eigenvalue weighted by molar-refractivity contribution is 5.79. The van der Waals surface area contributed by atoms with Crippen LogP contribution in [0.5, 0.6) is 0 Å². The van der Waals surface area contributed by atoms with E-state index in [1.807, 2.05) is 30.1 Å². The smallest absolute Gasteiger partial charge is 0.193 e. The maximum Gasteiger partial charge on any atom is 0.193 e.